The molecule has 0 saturated carbocycles. The number of aromatic amines is 1. The maximum Gasteiger partial charge on any atom is 0.410 e. The van der Waals surface area contributed by atoms with Crippen LogP contribution >= 0.6 is 0 Å². The Morgan fingerprint density at radius 2 is 1.46 bits per heavy atom. The number of urea groups is 1. The molecule has 3 aromatic heterocycles. The largest absolute Gasteiger partial charge is 0.463 e. The number of hydrogen-bond acceptors (Lipinski definition) is 15. The fourth-order valence-electron chi connectivity index (χ4n) is 11.2. The molecule has 0 radical (unpaired) electrons. The maximum absolute atomic E-state index is 13.9. The molecule has 6 amide bonds. The van der Waals surface area contributed by atoms with Gasteiger partial charge in [0.05, 0.1) is 19.7 Å². The summed E-state index contributed by atoms with van der Waals surface area (Å²) in [5.74, 6) is 0.393. The summed E-state index contributed by atoms with van der Waals surface area (Å²) in [5, 5.41) is 20.0. The van der Waals surface area contributed by atoms with Crippen LogP contribution in [0, 0.1) is 5.92 Å². The van der Waals surface area contributed by atoms with Gasteiger partial charge >= 0.3 is 29.9 Å². The third kappa shape index (κ3) is 14.2. The zero-order valence-corrected chi connectivity index (χ0v) is 48.1. The molecule has 10 rings (SSSR count). The van der Waals surface area contributed by atoms with E-state index in [1.54, 1.807) is 47.6 Å². The van der Waals surface area contributed by atoms with Crippen LogP contribution in [0.1, 0.15) is 111 Å². The van der Waals surface area contributed by atoms with Crippen molar-refractivity contribution in [2.24, 2.45) is 11.7 Å². The zero-order chi connectivity index (χ0) is 59.6. The molecule has 7 aromatic rings. The van der Waals surface area contributed by atoms with E-state index in [9.17, 15) is 28.8 Å². The molecule has 0 bridgehead atoms. The van der Waals surface area contributed by atoms with Crippen LogP contribution in [0.2, 0.25) is 0 Å². The van der Waals surface area contributed by atoms with Crippen molar-refractivity contribution in [3.8, 4) is 17.1 Å². The van der Waals surface area contributed by atoms with Crippen molar-refractivity contribution in [1.29, 1.82) is 0 Å². The van der Waals surface area contributed by atoms with Gasteiger partial charge in [0.25, 0.3) is 0 Å². The van der Waals surface area contributed by atoms with Crippen LogP contribution in [0.3, 0.4) is 0 Å². The number of imidazole rings is 1. The summed E-state index contributed by atoms with van der Waals surface area (Å²) in [6.07, 6.45) is 2.84. The van der Waals surface area contributed by atoms with Crippen LogP contribution in [0.5, 0.6) is 6.01 Å². The standard InChI is InChI=1S/C61H73N15O9/c1-4-5-31-83-58-69-52(62)51-54(70-58)76(59(80)67-51)33-39-18-16-38(17-19-39)32-73-27-24-41(25-28-73)53-72-71-49-34-74(29-30-75(49)53)61(82)85-35-40-20-22-42(23-21-40)65-55(77)48(15-10-26-64-57(63)79)66-56(78)50(37(2)3)68-60(81)84-36-47-45-13-8-6-11-43(45)44-12-7-9-14-46(44)47/h6-9,11-14,16-23,37,41,47-48,50H,4-5,10,15,24-36H2,1-3H3,(H,65,77)(H,66,78)(H,67,80)(H,68,81)(H2,62,69,70)(H3,63,64,79)/t48-,50-/m0/s1. The highest BCUT2D eigenvalue weighted by molar-refractivity contribution is 5.98. The van der Waals surface area contributed by atoms with Crippen molar-refractivity contribution in [3.05, 3.63) is 147 Å². The van der Waals surface area contributed by atoms with Crippen molar-refractivity contribution >= 4 is 52.7 Å². The fourth-order valence-corrected chi connectivity index (χ4v) is 11.2. The molecule has 4 aromatic carbocycles. The number of hydrogen-bond donors (Lipinski definition) is 7. The molecule has 1 aliphatic carbocycles. The van der Waals surface area contributed by atoms with Crippen LogP contribution < -0.4 is 43.2 Å². The summed E-state index contributed by atoms with van der Waals surface area (Å²) in [6.45, 7) is 10.4. The number of H-pyrrole nitrogens is 1. The predicted octanol–water partition coefficient (Wildman–Crippen LogP) is 6.49. The molecular formula is C61H73N15O9. The fraction of sp³-hybridized carbons (Fsp3) is 0.410. The number of unbranched alkanes of at least 4 members (excludes halogenated alkanes) is 1. The minimum atomic E-state index is -1.06. The number of ether oxygens (including phenoxy) is 3. The summed E-state index contributed by atoms with van der Waals surface area (Å²) in [7, 11) is 0. The van der Waals surface area contributed by atoms with Gasteiger partial charge in [-0.1, -0.05) is 112 Å². The Labute approximate surface area is 491 Å². The van der Waals surface area contributed by atoms with E-state index < -0.39 is 42.1 Å². The number of aromatic nitrogens is 7. The normalized spacial score (nSPS) is 14.9. The molecule has 446 valence electrons. The SMILES string of the molecule is CCCCOc1nc(N)c2[nH]c(=O)n(Cc3ccc(CN4CCC(c5nnc6n5CCN(C(=O)OCc5ccc(NC(=O)[C@H](CCCNC(N)=O)NC(=O)[C@@H](NC(=O)OCC7c8ccccc8-c8ccccc87)C(C)C)cc5)C6)CC4)cc3)c2n1. The van der Waals surface area contributed by atoms with Gasteiger partial charge in [-0.3, -0.25) is 24.0 Å². The van der Waals surface area contributed by atoms with Gasteiger partial charge in [-0.25, -0.2) is 19.2 Å². The number of nitrogens with one attached hydrogen (secondary N) is 5. The van der Waals surface area contributed by atoms with E-state index in [-0.39, 0.29) is 68.0 Å². The molecule has 0 unspecified atom stereocenters. The molecule has 85 heavy (non-hydrogen) atoms. The molecule has 5 heterocycles. The molecular weight excluding hydrogens is 1090 g/mol. The smallest absolute Gasteiger partial charge is 0.410 e. The summed E-state index contributed by atoms with van der Waals surface area (Å²) < 4.78 is 20.8. The highest BCUT2D eigenvalue weighted by Crippen LogP contribution is 2.44. The monoisotopic (exact) mass is 1160 g/mol. The Morgan fingerprint density at radius 1 is 0.776 bits per heavy atom. The third-order valence-electron chi connectivity index (χ3n) is 15.9. The summed E-state index contributed by atoms with van der Waals surface area (Å²) >= 11 is 0. The lowest BCUT2D eigenvalue weighted by Gasteiger charge is -2.33. The predicted molar refractivity (Wildman–Crippen MR) is 317 cm³/mol. The highest BCUT2D eigenvalue weighted by atomic mass is 16.6. The number of carbonyl (C=O) groups is 5. The van der Waals surface area contributed by atoms with E-state index in [2.05, 4.69) is 74.9 Å². The summed E-state index contributed by atoms with van der Waals surface area (Å²) in [6, 6.07) is 28.4. The Bertz CT molecular complexity index is 3530. The molecule has 24 nitrogen and oxygen atoms in total. The van der Waals surface area contributed by atoms with Crippen molar-refractivity contribution in [1.82, 2.24) is 60.0 Å². The van der Waals surface area contributed by atoms with Crippen molar-refractivity contribution in [2.45, 2.75) is 116 Å². The van der Waals surface area contributed by atoms with Crippen LogP contribution in [0.4, 0.5) is 25.9 Å². The second-order valence-corrected chi connectivity index (χ2v) is 22.1. The van der Waals surface area contributed by atoms with Crippen LogP contribution in [0.25, 0.3) is 22.3 Å². The van der Waals surface area contributed by atoms with Crippen molar-refractivity contribution in [3.63, 3.8) is 0 Å². The van der Waals surface area contributed by atoms with Crippen molar-refractivity contribution < 1.29 is 38.2 Å². The topological polar surface area (TPSA) is 314 Å². The number of amides is 6. The number of alkyl carbamates (subject to hydrolysis) is 1. The van der Waals surface area contributed by atoms with E-state index in [1.165, 1.54) is 5.56 Å². The number of rotatable bonds is 23. The van der Waals surface area contributed by atoms with Gasteiger partial charge in [-0.2, -0.15) is 9.97 Å². The molecule has 24 heteroatoms. The van der Waals surface area contributed by atoms with Crippen LogP contribution in [-0.2, 0) is 51.8 Å². The second-order valence-electron chi connectivity index (χ2n) is 22.1. The van der Waals surface area contributed by atoms with Gasteiger partial charge in [0.2, 0.25) is 11.8 Å². The minimum absolute atomic E-state index is 0.0166. The number of benzene rings is 4. The number of fused-ring (bicyclic) bond motifs is 5. The summed E-state index contributed by atoms with van der Waals surface area (Å²) in [5.41, 5.74) is 19.4. The Kier molecular flexibility index (Phi) is 18.7. The van der Waals surface area contributed by atoms with Crippen LogP contribution in [-0.4, -0.2) is 126 Å². The Hall–Kier alpha value is -9.32. The van der Waals surface area contributed by atoms with Gasteiger partial charge in [-0.05, 0) is 102 Å². The van der Waals surface area contributed by atoms with Gasteiger partial charge in [0.1, 0.15) is 36.6 Å². The van der Waals surface area contributed by atoms with Crippen molar-refractivity contribution in [2.75, 3.05) is 50.4 Å². The molecule has 2 aliphatic heterocycles. The van der Waals surface area contributed by atoms with E-state index >= 15 is 0 Å². The quantitative estimate of drug-likeness (QED) is 0.0337. The third-order valence-corrected chi connectivity index (χ3v) is 15.9. The average Bonchev–Trinajstić information content (AvgIpc) is 2.11. The lowest BCUT2D eigenvalue weighted by molar-refractivity contribution is -0.128. The van der Waals surface area contributed by atoms with E-state index in [0.717, 1.165) is 79.0 Å². The van der Waals surface area contributed by atoms with E-state index in [1.807, 2.05) is 60.7 Å². The zero-order valence-electron chi connectivity index (χ0n) is 48.1. The first-order chi connectivity index (χ1) is 41.2. The first kappa shape index (κ1) is 58.9. The van der Waals surface area contributed by atoms with Gasteiger partial charge in [0, 0.05) is 43.7 Å². The number of nitrogen functional groups attached to an aromatic ring is 1. The lowest BCUT2D eigenvalue weighted by Crippen LogP contribution is -2.54. The number of nitrogens with two attached hydrogens (primary N) is 2. The molecule has 3 aliphatic rings. The average molecular weight is 1160 g/mol. The second kappa shape index (κ2) is 26.9. The maximum atomic E-state index is 13.9. The molecule has 0 spiro atoms. The van der Waals surface area contributed by atoms with Crippen LogP contribution in [0.15, 0.2) is 102 Å². The number of likely N-dealkylation sites (tertiary alicyclic amines) is 1. The number of primary amides is 1. The molecule has 2 atom stereocenters. The van der Waals surface area contributed by atoms with Gasteiger partial charge in [-0.15, -0.1) is 10.2 Å². The number of piperidine rings is 1. The van der Waals surface area contributed by atoms with Gasteiger partial charge in [0.15, 0.2) is 17.3 Å². The van der Waals surface area contributed by atoms with Gasteiger partial charge < -0.3 is 56.5 Å². The number of anilines is 2. The molecule has 1 saturated heterocycles. The Balaban J connectivity index is 0.667. The lowest BCUT2D eigenvalue weighted by atomic mass is 9.95. The first-order valence-corrected chi connectivity index (χ1v) is 29.1. The number of carbonyl (C=O) groups excluding carboxylic acids is 5. The minimum Gasteiger partial charge on any atom is -0.463 e. The van der Waals surface area contributed by atoms with E-state index in [0.29, 0.717) is 60.9 Å². The first-order valence-electron chi connectivity index (χ1n) is 29.1. The number of nitrogens with zero attached hydrogens (tertiary/aromatic N) is 8. The van der Waals surface area contributed by atoms with E-state index in [4.69, 9.17) is 25.7 Å². The molecule has 1 fully saturated rings. The molecule has 9 N–H and O–H groups in total. The summed E-state index contributed by atoms with van der Waals surface area (Å²) in [4.78, 5) is 94.2. The highest BCUT2D eigenvalue weighted by Gasteiger charge is 2.34. The Morgan fingerprint density at radius 3 is 2.14 bits per heavy atom.